The van der Waals surface area contributed by atoms with Crippen LogP contribution in [-0.2, 0) is 11.2 Å². The largest absolute Gasteiger partial charge is 0.378 e. The molecule has 3 heterocycles. The number of aryl methyl sites for hydroxylation is 1. The molecule has 2 aliphatic rings. The second-order valence-corrected chi connectivity index (χ2v) is 5.36. The van der Waals surface area contributed by atoms with Crippen LogP contribution in [0.2, 0.25) is 0 Å². The zero-order chi connectivity index (χ0) is 13.1. The van der Waals surface area contributed by atoms with E-state index >= 15 is 0 Å². The molecule has 19 heavy (non-hydrogen) atoms. The van der Waals surface area contributed by atoms with Gasteiger partial charge in [0.05, 0.1) is 25.3 Å². The van der Waals surface area contributed by atoms with E-state index < -0.39 is 0 Å². The number of nitrogens with zero attached hydrogens (tertiary/aromatic N) is 3. The molecule has 0 bridgehead atoms. The van der Waals surface area contributed by atoms with Crippen molar-refractivity contribution in [2.24, 2.45) is 0 Å². The Morgan fingerprint density at radius 2 is 2.16 bits per heavy atom. The second-order valence-electron chi connectivity index (χ2n) is 5.36. The molecule has 2 aliphatic heterocycles. The summed E-state index contributed by atoms with van der Waals surface area (Å²) in [5, 5.41) is 7.35. The van der Waals surface area contributed by atoms with E-state index in [-0.39, 0.29) is 6.04 Å². The first-order chi connectivity index (χ1) is 9.36. The standard InChI is InChI=1S/C13H22N4O2/c1-2-5-12-15-13(16-19-12)14-10-8-18-9-11(10)17-6-3-4-7-17/h10-11H,2-9H2,1H3,(H,14,16)/t10-,11-/m0/s1. The van der Waals surface area contributed by atoms with Gasteiger partial charge in [0.1, 0.15) is 0 Å². The Morgan fingerprint density at radius 3 is 2.95 bits per heavy atom. The van der Waals surface area contributed by atoms with Crippen molar-refractivity contribution >= 4 is 5.95 Å². The van der Waals surface area contributed by atoms with Gasteiger partial charge in [-0.2, -0.15) is 4.98 Å². The number of rotatable bonds is 5. The Hall–Kier alpha value is -1.14. The summed E-state index contributed by atoms with van der Waals surface area (Å²) < 4.78 is 10.8. The first-order valence-corrected chi connectivity index (χ1v) is 7.27. The molecule has 106 valence electrons. The highest BCUT2D eigenvalue weighted by Gasteiger charge is 2.35. The Bertz CT molecular complexity index is 403. The van der Waals surface area contributed by atoms with Gasteiger partial charge in [0.2, 0.25) is 5.89 Å². The average molecular weight is 266 g/mol. The molecule has 0 amide bonds. The van der Waals surface area contributed by atoms with Crippen LogP contribution in [0.25, 0.3) is 0 Å². The molecule has 0 unspecified atom stereocenters. The summed E-state index contributed by atoms with van der Waals surface area (Å²) in [4.78, 5) is 6.87. The molecule has 0 saturated carbocycles. The zero-order valence-electron chi connectivity index (χ0n) is 11.5. The Kier molecular flexibility index (Phi) is 3.98. The van der Waals surface area contributed by atoms with Crippen molar-refractivity contribution in [3.8, 4) is 0 Å². The first-order valence-electron chi connectivity index (χ1n) is 7.27. The molecule has 1 N–H and O–H groups in total. The minimum atomic E-state index is 0.269. The van der Waals surface area contributed by atoms with Gasteiger partial charge in [-0.1, -0.05) is 6.92 Å². The van der Waals surface area contributed by atoms with Gasteiger partial charge in [-0.25, -0.2) is 0 Å². The number of hydrogen-bond donors (Lipinski definition) is 1. The van der Waals surface area contributed by atoms with Gasteiger partial charge >= 0.3 is 0 Å². The predicted octanol–water partition coefficient (Wildman–Crippen LogP) is 1.30. The smallest absolute Gasteiger partial charge is 0.263 e. The Morgan fingerprint density at radius 1 is 1.32 bits per heavy atom. The molecule has 1 aromatic heterocycles. The van der Waals surface area contributed by atoms with E-state index in [1.807, 2.05) is 0 Å². The molecule has 0 spiro atoms. The van der Waals surface area contributed by atoms with Crippen molar-refractivity contribution in [2.45, 2.75) is 44.7 Å². The molecule has 2 atom stereocenters. The number of likely N-dealkylation sites (tertiary alicyclic amines) is 1. The Labute approximate surface area is 113 Å². The summed E-state index contributed by atoms with van der Waals surface area (Å²) in [5.74, 6) is 1.31. The summed E-state index contributed by atoms with van der Waals surface area (Å²) in [5.41, 5.74) is 0. The molecule has 2 fully saturated rings. The normalized spacial score (nSPS) is 28.1. The molecule has 0 radical (unpaired) electrons. The minimum Gasteiger partial charge on any atom is -0.378 e. The van der Waals surface area contributed by atoms with Crippen LogP contribution in [-0.4, -0.2) is 53.4 Å². The molecule has 1 aromatic rings. The van der Waals surface area contributed by atoms with E-state index in [0.717, 1.165) is 26.1 Å². The fourth-order valence-electron chi connectivity index (χ4n) is 2.91. The maximum Gasteiger partial charge on any atom is 0.263 e. The van der Waals surface area contributed by atoms with Crippen molar-refractivity contribution in [2.75, 3.05) is 31.6 Å². The number of hydrogen-bond acceptors (Lipinski definition) is 6. The third-order valence-corrected chi connectivity index (χ3v) is 3.91. The van der Waals surface area contributed by atoms with E-state index in [1.165, 1.54) is 25.9 Å². The predicted molar refractivity (Wildman–Crippen MR) is 71.1 cm³/mol. The fraction of sp³-hybridized carbons (Fsp3) is 0.846. The van der Waals surface area contributed by atoms with Crippen LogP contribution in [0.1, 0.15) is 32.1 Å². The lowest BCUT2D eigenvalue weighted by Crippen LogP contribution is -2.45. The van der Waals surface area contributed by atoms with Crippen LogP contribution in [0, 0.1) is 0 Å². The second kappa shape index (κ2) is 5.88. The molecule has 6 heteroatoms. The SMILES string of the molecule is CCCc1nc(N[C@H]2COC[C@@H]2N2CCCC2)no1. The molecular weight excluding hydrogens is 244 g/mol. The van der Waals surface area contributed by atoms with E-state index in [0.29, 0.717) is 17.9 Å². The van der Waals surface area contributed by atoms with E-state index in [4.69, 9.17) is 9.26 Å². The van der Waals surface area contributed by atoms with Crippen LogP contribution >= 0.6 is 0 Å². The van der Waals surface area contributed by atoms with Crippen molar-refractivity contribution < 1.29 is 9.26 Å². The first kappa shape index (κ1) is 12.9. The molecular formula is C13H22N4O2. The summed E-state index contributed by atoms with van der Waals surface area (Å²) in [6, 6.07) is 0.709. The molecule has 0 aromatic carbocycles. The van der Waals surface area contributed by atoms with Crippen LogP contribution in [0.5, 0.6) is 0 Å². The monoisotopic (exact) mass is 266 g/mol. The van der Waals surface area contributed by atoms with E-state index in [1.54, 1.807) is 0 Å². The van der Waals surface area contributed by atoms with Crippen molar-refractivity contribution in [1.82, 2.24) is 15.0 Å². The topological polar surface area (TPSA) is 63.4 Å². The number of anilines is 1. The van der Waals surface area contributed by atoms with Gasteiger partial charge in [0, 0.05) is 6.42 Å². The third kappa shape index (κ3) is 2.90. The number of aromatic nitrogens is 2. The van der Waals surface area contributed by atoms with Gasteiger partial charge < -0.3 is 14.6 Å². The van der Waals surface area contributed by atoms with Gasteiger partial charge in [0.15, 0.2) is 0 Å². The van der Waals surface area contributed by atoms with Gasteiger partial charge in [0.25, 0.3) is 5.95 Å². The van der Waals surface area contributed by atoms with E-state index in [9.17, 15) is 0 Å². The van der Waals surface area contributed by atoms with Crippen LogP contribution in [0.15, 0.2) is 4.52 Å². The lowest BCUT2D eigenvalue weighted by molar-refractivity contribution is 0.159. The average Bonchev–Trinajstić information content (AvgIpc) is 3.11. The van der Waals surface area contributed by atoms with Crippen LogP contribution < -0.4 is 5.32 Å². The van der Waals surface area contributed by atoms with Crippen LogP contribution in [0.3, 0.4) is 0 Å². The van der Waals surface area contributed by atoms with Gasteiger partial charge in [-0.3, -0.25) is 4.90 Å². The minimum absolute atomic E-state index is 0.269. The Balaban J connectivity index is 1.60. The van der Waals surface area contributed by atoms with Crippen molar-refractivity contribution in [3.05, 3.63) is 5.89 Å². The quantitative estimate of drug-likeness (QED) is 0.866. The highest BCUT2D eigenvalue weighted by atomic mass is 16.5. The third-order valence-electron chi connectivity index (χ3n) is 3.91. The molecule has 2 saturated heterocycles. The van der Waals surface area contributed by atoms with Gasteiger partial charge in [-0.05, 0) is 37.5 Å². The number of nitrogens with one attached hydrogen (secondary N) is 1. The lowest BCUT2D eigenvalue weighted by Gasteiger charge is -2.27. The summed E-state index contributed by atoms with van der Waals surface area (Å²) >= 11 is 0. The summed E-state index contributed by atoms with van der Waals surface area (Å²) in [7, 11) is 0. The number of ether oxygens (including phenoxy) is 1. The fourth-order valence-corrected chi connectivity index (χ4v) is 2.91. The highest BCUT2D eigenvalue weighted by Crippen LogP contribution is 2.21. The van der Waals surface area contributed by atoms with Crippen molar-refractivity contribution in [3.63, 3.8) is 0 Å². The van der Waals surface area contributed by atoms with Crippen LogP contribution in [0.4, 0.5) is 5.95 Å². The highest BCUT2D eigenvalue weighted by molar-refractivity contribution is 5.25. The van der Waals surface area contributed by atoms with Crippen molar-refractivity contribution in [1.29, 1.82) is 0 Å². The molecule has 3 rings (SSSR count). The van der Waals surface area contributed by atoms with Gasteiger partial charge in [-0.15, -0.1) is 0 Å². The summed E-state index contributed by atoms with van der Waals surface area (Å²) in [6.45, 7) is 5.99. The summed E-state index contributed by atoms with van der Waals surface area (Å²) in [6.07, 6.45) is 4.45. The molecule has 0 aliphatic carbocycles. The lowest BCUT2D eigenvalue weighted by atomic mass is 10.1. The maximum absolute atomic E-state index is 5.62. The van der Waals surface area contributed by atoms with E-state index in [2.05, 4.69) is 27.3 Å². The molecule has 6 nitrogen and oxygen atoms in total. The maximum atomic E-state index is 5.62. The zero-order valence-corrected chi connectivity index (χ0v) is 11.5.